The molecule has 0 aliphatic carbocycles. The highest BCUT2D eigenvalue weighted by Crippen LogP contribution is 2.36. The molecule has 1 amide bonds. The molecule has 30 heavy (non-hydrogen) atoms. The fourth-order valence-corrected chi connectivity index (χ4v) is 3.55. The molecule has 10 heteroatoms. The molecule has 1 fully saturated rings. The van der Waals surface area contributed by atoms with Crippen LogP contribution in [0.15, 0.2) is 34.8 Å². The third-order valence-electron chi connectivity index (χ3n) is 4.58. The number of nitrogens with one attached hydrogen (secondary N) is 1. The highest BCUT2D eigenvalue weighted by molar-refractivity contribution is 9.10. The second-order valence-electron chi connectivity index (χ2n) is 6.43. The molecule has 1 aliphatic rings. The van der Waals surface area contributed by atoms with E-state index in [1.807, 2.05) is 12.1 Å². The number of rotatable bonds is 7. The van der Waals surface area contributed by atoms with Crippen molar-refractivity contribution in [2.75, 3.05) is 50.2 Å². The predicted molar refractivity (Wildman–Crippen MR) is 116 cm³/mol. The molecule has 0 saturated carbocycles. The van der Waals surface area contributed by atoms with Crippen molar-refractivity contribution in [1.29, 1.82) is 0 Å². The summed E-state index contributed by atoms with van der Waals surface area (Å²) < 4.78 is 16.8. The van der Waals surface area contributed by atoms with Crippen LogP contribution in [0.1, 0.15) is 17.3 Å². The summed E-state index contributed by atoms with van der Waals surface area (Å²) in [6, 6.07) is 8.07. The van der Waals surface area contributed by atoms with E-state index in [0.717, 1.165) is 10.2 Å². The van der Waals surface area contributed by atoms with E-state index >= 15 is 0 Å². The quantitative estimate of drug-likeness (QED) is 0.474. The number of hydrogen-bond acceptors (Lipinski definition) is 7. The minimum atomic E-state index is -0.614. The maximum absolute atomic E-state index is 13.1. The first-order valence-corrected chi connectivity index (χ1v) is 10.2. The molecule has 2 aromatic carbocycles. The summed E-state index contributed by atoms with van der Waals surface area (Å²) in [4.78, 5) is 26.1. The number of anilines is 2. The first-order valence-electron chi connectivity index (χ1n) is 9.37. The molecule has 2 aromatic rings. The highest BCUT2D eigenvalue weighted by atomic mass is 79.9. The molecule has 0 radical (unpaired) electrons. The van der Waals surface area contributed by atoms with Crippen LogP contribution < -0.4 is 19.7 Å². The van der Waals surface area contributed by atoms with Crippen molar-refractivity contribution >= 4 is 38.9 Å². The summed E-state index contributed by atoms with van der Waals surface area (Å²) >= 11 is 3.42. The standard InChI is InChI=1S/C20H22BrN3O6/c1-3-30-19-11-14(17(24(26)27)12-18(19)28-2)20(25)22-15-10-13(21)4-5-16(15)23-6-8-29-9-7-23/h4-5,10-12H,3,6-9H2,1-2H3,(H,22,25). The summed E-state index contributed by atoms with van der Waals surface area (Å²) in [6.07, 6.45) is 0. The lowest BCUT2D eigenvalue weighted by Crippen LogP contribution is -2.36. The van der Waals surface area contributed by atoms with Gasteiger partial charge in [0, 0.05) is 23.6 Å². The molecular formula is C20H22BrN3O6. The van der Waals surface area contributed by atoms with Gasteiger partial charge in [-0.3, -0.25) is 14.9 Å². The molecule has 1 N–H and O–H groups in total. The average Bonchev–Trinajstić information content (AvgIpc) is 2.74. The molecule has 160 valence electrons. The zero-order valence-corrected chi connectivity index (χ0v) is 18.2. The number of methoxy groups -OCH3 is 1. The largest absolute Gasteiger partial charge is 0.493 e. The number of hydrogen-bond donors (Lipinski definition) is 1. The van der Waals surface area contributed by atoms with Crippen LogP contribution in [0.4, 0.5) is 17.1 Å². The smallest absolute Gasteiger partial charge is 0.286 e. The van der Waals surface area contributed by atoms with Crippen molar-refractivity contribution in [2.24, 2.45) is 0 Å². The van der Waals surface area contributed by atoms with Crippen LogP contribution >= 0.6 is 15.9 Å². The molecule has 9 nitrogen and oxygen atoms in total. The number of nitro groups is 1. The van der Waals surface area contributed by atoms with Crippen LogP contribution in [0.5, 0.6) is 11.5 Å². The first kappa shape index (κ1) is 21.8. The number of carbonyl (C=O) groups excluding carboxylic acids is 1. The molecule has 3 rings (SSSR count). The molecule has 1 aliphatic heterocycles. The average molecular weight is 480 g/mol. The Bertz CT molecular complexity index is 946. The minimum absolute atomic E-state index is 0.114. The van der Waals surface area contributed by atoms with Gasteiger partial charge < -0.3 is 24.4 Å². The molecule has 0 bridgehead atoms. The molecule has 1 saturated heterocycles. The Balaban J connectivity index is 1.98. The van der Waals surface area contributed by atoms with Gasteiger partial charge in [-0.05, 0) is 25.1 Å². The zero-order valence-electron chi connectivity index (χ0n) is 16.6. The second kappa shape index (κ2) is 9.77. The van der Waals surface area contributed by atoms with Crippen LogP contribution in [0.3, 0.4) is 0 Å². The maximum atomic E-state index is 13.1. The fraction of sp³-hybridized carbons (Fsp3) is 0.350. The van der Waals surface area contributed by atoms with Crippen molar-refractivity contribution in [1.82, 2.24) is 0 Å². The van der Waals surface area contributed by atoms with E-state index in [1.165, 1.54) is 19.2 Å². The Morgan fingerprint density at radius 2 is 2.00 bits per heavy atom. The van der Waals surface area contributed by atoms with Crippen molar-refractivity contribution < 1.29 is 23.9 Å². The fourth-order valence-electron chi connectivity index (χ4n) is 3.19. The minimum Gasteiger partial charge on any atom is -0.493 e. The van der Waals surface area contributed by atoms with Gasteiger partial charge in [0.2, 0.25) is 0 Å². The number of nitro benzene ring substituents is 1. The van der Waals surface area contributed by atoms with Gasteiger partial charge in [-0.15, -0.1) is 0 Å². The van der Waals surface area contributed by atoms with Gasteiger partial charge in [0.15, 0.2) is 11.5 Å². The van der Waals surface area contributed by atoms with E-state index in [1.54, 1.807) is 13.0 Å². The van der Waals surface area contributed by atoms with Crippen molar-refractivity contribution in [3.8, 4) is 11.5 Å². The maximum Gasteiger partial charge on any atom is 0.286 e. The van der Waals surface area contributed by atoms with Crippen LogP contribution in [-0.4, -0.2) is 50.9 Å². The van der Waals surface area contributed by atoms with Gasteiger partial charge in [-0.25, -0.2) is 0 Å². The molecule has 0 atom stereocenters. The van der Waals surface area contributed by atoms with E-state index in [4.69, 9.17) is 14.2 Å². The van der Waals surface area contributed by atoms with Gasteiger partial charge in [-0.1, -0.05) is 15.9 Å². The SMILES string of the molecule is CCOc1cc(C(=O)Nc2cc(Br)ccc2N2CCOCC2)c([N+](=O)[O-])cc1OC. The first-order chi connectivity index (χ1) is 14.4. The Kier molecular flexibility index (Phi) is 7.11. The highest BCUT2D eigenvalue weighted by Gasteiger charge is 2.26. The van der Waals surface area contributed by atoms with Gasteiger partial charge >= 0.3 is 0 Å². The Morgan fingerprint density at radius 3 is 2.63 bits per heavy atom. The normalized spacial score (nSPS) is 13.6. The third kappa shape index (κ3) is 4.82. The molecular weight excluding hydrogens is 458 g/mol. The number of carbonyl (C=O) groups is 1. The number of ether oxygens (including phenoxy) is 3. The number of nitrogens with zero attached hydrogens (tertiary/aromatic N) is 2. The van der Waals surface area contributed by atoms with E-state index in [9.17, 15) is 14.9 Å². The molecule has 0 aromatic heterocycles. The lowest BCUT2D eigenvalue weighted by Gasteiger charge is -2.30. The predicted octanol–water partition coefficient (Wildman–Crippen LogP) is 3.85. The lowest BCUT2D eigenvalue weighted by atomic mass is 10.1. The Hall–Kier alpha value is -2.85. The van der Waals surface area contributed by atoms with E-state index in [0.29, 0.717) is 38.6 Å². The topological polar surface area (TPSA) is 103 Å². The van der Waals surface area contributed by atoms with Crippen molar-refractivity contribution in [3.63, 3.8) is 0 Å². The second-order valence-corrected chi connectivity index (χ2v) is 7.34. The van der Waals surface area contributed by atoms with Gasteiger partial charge in [-0.2, -0.15) is 0 Å². The number of halogens is 1. The van der Waals surface area contributed by atoms with Crippen LogP contribution in [0.2, 0.25) is 0 Å². The number of amides is 1. The summed E-state index contributed by atoms with van der Waals surface area (Å²) in [5, 5.41) is 14.4. The van der Waals surface area contributed by atoms with Crippen LogP contribution in [-0.2, 0) is 4.74 Å². The number of morpholine rings is 1. The van der Waals surface area contributed by atoms with Crippen molar-refractivity contribution in [2.45, 2.75) is 6.92 Å². The van der Waals surface area contributed by atoms with E-state index in [2.05, 4.69) is 26.1 Å². The van der Waals surface area contributed by atoms with E-state index < -0.39 is 10.8 Å². The zero-order chi connectivity index (χ0) is 21.7. The van der Waals surface area contributed by atoms with Gasteiger partial charge in [0.05, 0.1) is 49.3 Å². The summed E-state index contributed by atoms with van der Waals surface area (Å²) in [5.74, 6) is -0.159. The van der Waals surface area contributed by atoms with Gasteiger partial charge in [0.25, 0.3) is 11.6 Å². The van der Waals surface area contributed by atoms with E-state index in [-0.39, 0.29) is 22.7 Å². The van der Waals surface area contributed by atoms with Gasteiger partial charge in [0.1, 0.15) is 5.56 Å². The van der Waals surface area contributed by atoms with Crippen LogP contribution in [0.25, 0.3) is 0 Å². The molecule has 1 heterocycles. The Morgan fingerprint density at radius 1 is 1.27 bits per heavy atom. The Labute approximate surface area is 182 Å². The van der Waals surface area contributed by atoms with Crippen molar-refractivity contribution in [3.05, 3.63) is 50.5 Å². The third-order valence-corrected chi connectivity index (χ3v) is 5.07. The lowest BCUT2D eigenvalue weighted by molar-refractivity contribution is -0.385. The molecule has 0 unspecified atom stereocenters. The number of benzene rings is 2. The van der Waals surface area contributed by atoms with Crippen LogP contribution in [0, 0.1) is 10.1 Å². The summed E-state index contributed by atoms with van der Waals surface area (Å²) in [7, 11) is 1.39. The molecule has 0 spiro atoms. The summed E-state index contributed by atoms with van der Waals surface area (Å²) in [5.41, 5.74) is 0.878. The monoisotopic (exact) mass is 479 g/mol. The summed E-state index contributed by atoms with van der Waals surface area (Å²) in [6.45, 7) is 4.64.